The van der Waals surface area contributed by atoms with Crippen LogP contribution in [0.4, 0.5) is 16.2 Å². The van der Waals surface area contributed by atoms with Gasteiger partial charge in [0.1, 0.15) is 0 Å². The highest BCUT2D eigenvalue weighted by Gasteiger charge is 2.22. The third-order valence-electron chi connectivity index (χ3n) is 5.01. The van der Waals surface area contributed by atoms with Gasteiger partial charge in [0.2, 0.25) is 5.91 Å². The second-order valence-electron chi connectivity index (χ2n) is 7.31. The highest BCUT2D eigenvalue weighted by Crippen LogP contribution is 2.26. The molecule has 0 unspecified atom stereocenters. The second-order valence-corrected chi connectivity index (χ2v) is 8.13. The predicted molar refractivity (Wildman–Crippen MR) is 123 cm³/mol. The van der Waals surface area contributed by atoms with Crippen molar-refractivity contribution < 1.29 is 14.4 Å². The quantitative estimate of drug-likeness (QED) is 0.449. The van der Waals surface area contributed by atoms with Crippen molar-refractivity contribution in [2.75, 3.05) is 23.7 Å². The van der Waals surface area contributed by atoms with E-state index in [0.29, 0.717) is 27.0 Å². The molecule has 0 aromatic heterocycles. The molecule has 2 aromatic rings. The van der Waals surface area contributed by atoms with Gasteiger partial charge < -0.3 is 21.3 Å². The van der Waals surface area contributed by atoms with Gasteiger partial charge >= 0.3 is 6.03 Å². The van der Waals surface area contributed by atoms with E-state index < -0.39 is 6.03 Å². The molecular weight excluding hydrogens is 439 g/mol. The van der Waals surface area contributed by atoms with Crippen molar-refractivity contribution in [3.63, 3.8) is 0 Å². The van der Waals surface area contributed by atoms with Crippen LogP contribution in [0.3, 0.4) is 0 Å². The summed E-state index contributed by atoms with van der Waals surface area (Å²) in [6.45, 7) is 0.502. The summed E-state index contributed by atoms with van der Waals surface area (Å²) in [4.78, 5) is 36.3. The van der Waals surface area contributed by atoms with Crippen molar-refractivity contribution in [1.82, 2.24) is 10.6 Å². The maximum absolute atomic E-state index is 12.2. The normalized spacial score (nSPS) is 13.5. The van der Waals surface area contributed by atoms with Gasteiger partial charge in [0.05, 0.1) is 10.0 Å². The van der Waals surface area contributed by atoms with E-state index in [1.165, 1.54) is 0 Å². The highest BCUT2D eigenvalue weighted by atomic mass is 35.5. The average Bonchev–Trinajstić information content (AvgIpc) is 3.29. The van der Waals surface area contributed by atoms with Crippen LogP contribution in [0.15, 0.2) is 42.5 Å². The summed E-state index contributed by atoms with van der Waals surface area (Å²) in [7, 11) is 0. The molecule has 31 heavy (non-hydrogen) atoms. The minimum Gasteiger partial charge on any atom is -0.350 e. The lowest BCUT2D eigenvalue weighted by atomic mass is 10.1. The number of anilines is 2. The molecule has 0 aliphatic heterocycles. The molecule has 1 aliphatic rings. The van der Waals surface area contributed by atoms with Crippen LogP contribution < -0.4 is 21.3 Å². The molecule has 7 nitrogen and oxygen atoms in total. The monoisotopic (exact) mass is 462 g/mol. The Morgan fingerprint density at radius 3 is 2.13 bits per heavy atom. The van der Waals surface area contributed by atoms with E-state index in [9.17, 15) is 14.4 Å². The predicted octanol–water partition coefficient (Wildman–Crippen LogP) is 4.67. The van der Waals surface area contributed by atoms with Crippen molar-refractivity contribution in [3.8, 4) is 0 Å². The van der Waals surface area contributed by atoms with E-state index in [1.54, 1.807) is 42.5 Å². The molecule has 1 aliphatic carbocycles. The van der Waals surface area contributed by atoms with Crippen LogP contribution in [0.1, 0.15) is 36.0 Å². The zero-order valence-electron chi connectivity index (χ0n) is 16.8. The number of hydrogen-bond acceptors (Lipinski definition) is 3. The Balaban J connectivity index is 1.37. The van der Waals surface area contributed by atoms with Crippen LogP contribution in [0.2, 0.25) is 10.0 Å². The summed E-state index contributed by atoms with van der Waals surface area (Å²) in [5.74, 6) is -0.135. The lowest BCUT2D eigenvalue weighted by molar-refractivity contribution is -0.119. The molecule has 2 aromatic carbocycles. The van der Waals surface area contributed by atoms with Gasteiger partial charge in [-0.25, -0.2) is 4.79 Å². The van der Waals surface area contributed by atoms with Gasteiger partial charge in [0.15, 0.2) is 0 Å². The third-order valence-corrected chi connectivity index (χ3v) is 5.75. The molecule has 9 heteroatoms. The zero-order chi connectivity index (χ0) is 22.2. The topological polar surface area (TPSA) is 99.3 Å². The Morgan fingerprint density at radius 1 is 0.806 bits per heavy atom. The Hall–Kier alpha value is -2.77. The SMILES string of the molecule is O=C(NCCNC(=O)c1ccc(NC(=O)C2CCCC2)cc1)Nc1ccc(Cl)c(Cl)c1. The largest absolute Gasteiger partial charge is 0.350 e. The molecule has 1 fully saturated rings. The van der Waals surface area contributed by atoms with Crippen molar-refractivity contribution in [2.45, 2.75) is 25.7 Å². The van der Waals surface area contributed by atoms with Gasteiger partial charge in [-0.15, -0.1) is 0 Å². The van der Waals surface area contributed by atoms with Crippen LogP contribution in [0.5, 0.6) is 0 Å². The van der Waals surface area contributed by atoms with Crippen molar-refractivity contribution in [3.05, 3.63) is 58.1 Å². The summed E-state index contributed by atoms with van der Waals surface area (Å²) < 4.78 is 0. The molecule has 0 radical (unpaired) electrons. The van der Waals surface area contributed by atoms with E-state index >= 15 is 0 Å². The number of carbonyl (C=O) groups excluding carboxylic acids is 3. The number of rotatable bonds is 7. The van der Waals surface area contributed by atoms with E-state index in [1.807, 2.05) is 0 Å². The lowest BCUT2D eigenvalue weighted by Gasteiger charge is -2.11. The van der Waals surface area contributed by atoms with E-state index in [2.05, 4.69) is 21.3 Å². The summed E-state index contributed by atoms with van der Waals surface area (Å²) in [6, 6.07) is 11.1. The smallest absolute Gasteiger partial charge is 0.319 e. The molecule has 0 spiro atoms. The van der Waals surface area contributed by atoms with Gasteiger partial charge in [-0.05, 0) is 55.3 Å². The fourth-order valence-corrected chi connectivity index (χ4v) is 3.64. The standard InChI is InChI=1S/C22H24Cl2N4O3/c23-18-10-9-17(13-19(18)24)28-22(31)26-12-11-25-20(29)15-5-7-16(8-6-15)27-21(30)14-3-1-2-4-14/h5-10,13-14H,1-4,11-12H2,(H,25,29)(H,27,30)(H2,26,28,31). The maximum atomic E-state index is 12.2. The van der Waals surface area contributed by atoms with Crippen molar-refractivity contribution >= 4 is 52.4 Å². The number of benzene rings is 2. The van der Waals surface area contributed by atoms with Crippen molar-refractivity contribution in [1.29, 1.82) is 0 Å². The van der Waals surface area contributed by atoms with Gasteiger partial charge in [-0.3, -0.25) is 9.59 Å². The van der Waals surface area contributed by atoms with Crippen LogP contribution in [-0.4, -0.2) is 30.9 Å². The van der Waals surface area contributed by atoms with Gasteiger partial charge in [-0.1, -0.05) is 36.0 Å². The molecule has 0 atom stereocenters. The van der Waals surface area contributed by atoms with E-state index in [4.69, 9.17) is 23.2 Å². The van der Waals surface area contributed by atoms with E-state index in [0.717, 1.165) is 25.7 Å². The van der Waals surface area contributed by atoms with Crippen LogP contribution in [0, 0.1) is 5.92 Å². The first-order chi connectivity index (χ1) is 14.9. The fourth-order valence-electron chi connectivity index (χ4n) is 3.34. The summed E-state index contributed by atoms with van der Waals surface area (Å²) in [5, 5.41) is 11.7. The first kappa shape index (κ1) is 22.9. The molecular formula is C22H24Cl2N4O3. The second kappa shape index (κ2) is 11.0. The highest BCUT2D eigenvalue weighted by molar-refractivity contribution is 6.42. The summed E-state index contributed by atoms with van der Waals surface area (Å²) in [5.41, 5.74) is 1.66. The Labute approximate surface area is 190 Å². The number of halogens is 2. The Kier molecular flexibility index (Phi) is 8.14. The number of hydrogen-bond donors (Lipinski definition) is 4. The fraction of sp³-hybridized carbons (Fsp3) is 0.318. The number of urea groups is 1. The molecule has 1 saturated carbocycles. The first-order valence-electron chi connectivity index (χ1n) is 10.1. The Bertz CT molecular complexity index is 944. The zero-order valence-corrected chi connectivity index (χ0v) is 18.4. The number of amides is 4. The van der Waals surface area contributed by atoms with Crippen LogP contribution >= 0.6 is 23.2 Å². The summed E-state index contributed by atoms with van der Waals surface area (Å²) >= 11 is 11.7. The minimum atomic E-state index is -0.421. The Morgan fingerprint density at radius 2 is 1.45 bits per heavy atom. The van der Waals surface area contributed by atoms with Gasteiger partial charge in [0, 0.05) is 35.9 Å². The molecule has 4 N–H and O–H groups in total. The van der Waals surface area contributed by atoms with Crippen molar-refractivity contribution in [2.24, 2.45) is 5.92 Å². The van der Waals surface area contributed by atoms with Crippen LogP contribution in [0.25, 0.3) is 0 Å². The molecule has 0 bridgehead atoms. The number of nitrogens with one attached hydrogen (secondary N) is 4. The average molecular weight is 463 g/mol. The molecule has 4 amide bonds. The molecule has 164 valence electrons. The summed E-state index contributed by atoms with van der Waals surface area (Å²) in [6.07, 6.45) is 4.07. The molecule has 0 heterocycles. The van der Waals surface area contributed by atoms with Gasteiger partial charge in [0.25, 0.3) is 5.91 Å². The van der Waals surface area contributed by atoms with Crippen LogP contribution in [-0.2, 0) is 4.79 Å². The molecule has 0 saturated heterocycles. The first-order valence-corrected chi connectivity index (χ1v) is 10.9. The maximum Gasteiger partial charge on any atom is 0.319 e. The van der Waals surface area contributed by atoms with Gasteiger partial charge in [-0.2, -0.15) is 0 Å². The number of carbonyl (C=O) groups is 3. The van der Waals surface area contributed by atoms with E-state index in [-0.39, 0.29) is 30.8 Å². The third kappa shape index (κ3) is 6.87. The molecule has 3 rings (SSSR count). The lowest BCUT2D eigenvalue weighted by Crippen LogP contribution is -2.36. The minimum absolute atomic E-state index is 0.0416.